The van der Waals surface area contributed by atoms with E-state index in [1.165, 1.54) is 6.92 Å². The highest BCUT2D eigenvalue weighted by molar-refractivity contribution is 5.88. The van der Waals surface area contributed by atoms with Crippen molar-refractivity contribution in [2.45, 2.75) is 31.2 Å². The molecule has 0 fully saturated rings. The van der Waals surface area contributed by atoms with Gasteiger partial charge in [0.05, 0.1) is 11.1 Å². The molecule has 0 saturated heterocycles. The number of pyridine rings is 1. The van der Waals surface area contributed by atoms with E-state index in [0.29, 0.717) is 28.5 Å². The van der Waals surface area contributed by atoms with Gasteiger partial charge in [0.25, 0.3) is 0 Å². The number of carbonyl (C=O) groups is 1. The third-order valence-corrected chi connectivity index (χ3v) is 5.80. The van der Waals surface area contributed by atoms with Crippen LogP contribution in [-0.4, -0.2) is 36.4 Å². The Balaban J connectivity index is 1.65. The number of fused-ring (bicyclic) bond motifs is 1. The van der Waals surface area contributed by atoms with Gasteiger partial charge in [-0.25, -0.2) is 9.78 Å². The number of alkyl halides is 3. The molecule has 4 rings (SSSR count). The number of carboxylic acids is 1. The van der Waals surface area contributed by atoms with E-state index in [4.69, 9.17) is 4.74 Å². The number of aliphatic hydroxyl groups is 2. The lowest BCUT2D eigenvalue weighted by Crippen LogP contribution is -2.43. The largest absolute Gasteiger partial charge is 0.479 e. The van der Waals surface area contributed by atoms with Crippen LogP contribution in [0.5, 0.6) is 11.6 Å². The minimum absolute atomic E-state index is 0.00454. The van der Waals surface area contributed by atoms with Crippen LogP contribution in [0.4, 0.5) is 13.2 Å². The predicted octanol–water partition coefficient (Wildman–Crippen LogP) is 5.10. The van der Waals surface area contributed by atoms with E-state index < -0.39 is 29.4 Å². The van der Waals surface area contributed by atoms with Crippen LogP contribution in [0.25, 0.3) is 16.6 Å². The van der Waals surface area contributed by atoms with Crippen LogP contribution in [0, 0.1) is 0 Å². The van der Waals surface area contributed by atoms with Crippen LogP contribution in [0.3, 0.4) is 0 Å². The summed E-state index contributed by atoms with van der Waals surface area (Å²) in [5.41, 5.74) is -1.68. The third kappa shape index (κ3) is 4.58. The molecule has 0 radical (unpaired) electrons. The highest BCUT2D eigenvalue weighted by Gasteiger charge is 2.44. The van der Waals surface area contributed by atoms with E-state index in [1.54, 1.807) is 59.3 Å². The fourth-order valence-corrected chi connectivity index (χ4v) is 3.76. The molecular formula is C25H21F3N2O5. The van der Waals surface area contributed by atoms with Crippen molar-refractivity contribution in [2.75, 3.05) is 0 Å². The molecule has 0 unspecified atom stereocenters. The molecule has 0 aliphatic carbocycles. The summed E-state index contributed by atoms with van der Waals surface area (Å²) in [6.45, 7) is 1.47. The van der Waals surface area contributed by atoms with E-state index in [9.17, 15) is 33.3 Å². The number of para-hydroxylation sites is 1. The van der Waals surface area contributed by atoms with Crippen molar-refractivity contribution in [3.63, 3.8) is 0 Å². The van der Waals surface area contributed by atoms with Gasteiger partial charge in [-0.15, -0.1) is 0 Å². The van der Waals surface area contributed by atoms with Crippen molar-refractivity contribution >= 4 is 16.9 Å². The van der Waals surface area contributed by atoms with Crippen LogP contribution >= 0.6 is 0 Å². The lowest BCUT2D eigenvalue weighted by molar-refractivity contribution is -0.172. The number of nitrogens with zero attached hydrogens (tertiary/aromatic N) is 2. The van der Waals surface area contributed by atoms with Gasteiger partial charge in [-0.2, -0.15) is 13.2 Å². The van der Waals surface area contributed by atoms with Crippen LogP contribution in [-0.2, 0) is 11.0 Å². The lowest BCUT2D eigenvalue weighted by atomic mass is 9.88. The number of hydrogen-bond donors (Lipinski definition) is 3. The topological polar surface area (TPSA) is 105 Å². The van der Waals surface area contributed by atoms with Gasteiger partial charge >= 0.3 is 12.1 Å². The molecule has 4 aromatic rings. The number of benzene rings is 2. The maximum Gasteiger partial charge on any atom is 0.417 e. The summed E-state index contributed by atoms with van der Waals surface area (Å²) in [5, 5.41) is 31.4. The molecule has 3 N–H and O–H groups in total. The molecule has 182 valence electrons. The van der Waals surface area contributed by atoms with Gasteiger partial charge in [0.2, 0.25) is 5.88 Å². The number of rotatable bonds is 7. The summed E-state index contributed by atoms with van der Waals surface area (Å²) in [6.07, 6.45) is -4.11. The zero-order chi connectivity index (χ0) is 25.4. The fourth-order valence-electron chi connectivity index (χ4n) is 3.76. The highest BCUT2D eigenvalue weighted by atomic mass is 19.4. The molecule has 2 aromatic carbocycles. The first kappa shape index (κ1) is 24.2. The van der Waals surface area contributed by atoms with Crippen molar-refractivity contribution in [3.05, 3.63) is 84.2 Å². The normalized spacial score (nSPS) is 14.5. The number of ether oxygens (including phenoxy) is 1. The Hall–Kier alpha value is -3.89. The summed E-state index contributed by atoms with van der Waals surface area (Å²) in [7, 11) is 0. The molecular weight excluding hydrogens is 465 g/mol. The summed E-state index contributed by atoms with van der Waals surface area (Å²) in [4.78, 5) is 15.3. The maximum atomic E-state index is 12.7. The molecule has 0 aliphatic heterocycles. The van der Waals surface area contributed by atoms with E-state index >= 15 is 0 Å². The molecule has 0 bridgehead atoms. The Morgan fingerprint density at radius 2 is 1.77 bits per heavy atom. The molecule has 0 amide bonds. The number of aromatic nitrogens is 2. The third-order valence-electron chi connectivity index (χ3n) is 5.80. The highest BCUT2D eigenvalue weighted by Crippen LogP contribution is 2.36. The molecule has 10 heteroatoms. The quantitative estimate of drug-likeness (QED) is 0.336. The van der Waals surface area contributed by atoms with Gasteiger partial charge in [0.15, 0.2) is 5.60 Å². The standard InChI is InChI=1S/C25H21F3N2O5/c1-2-24(34,23(32)33)22(31)19-14-30(20-6-4-3-5-18(19)20)16-8-10-17(11-9-16)35-21-12-7-15(13-29-21)25(26,27)28/h3-14,22,31,34H,2H2,1H3,(H,32,33)/t22-,24+/m0/s1. The smallest absolute Gasteiger partial charge is 0.417 e. The van der Waals surface area contributed by atoms with Crippen molar-refractivity contribution in [3.8, 4) is 17.3 Å². The van der Waals surface area contributed by atoms with Gasteiger partial charge in [0.1, 0.15) is 11.9 Å². The van der Waals surface area contributed by atoms with Gasteiger partial charge < -0.3 is 24.6 Å². The lowest BCUT2D eigenvalue weighted by Gasteiger charge is -2.27. The van der Waals surface area contributed by atoms with Crippen LogP contribution in [0.15, 0.2) is 73.1 Å². The Kier molecular flexibility index (Phi) is 6.27. The summed E-state index contributed by atoms with van der Waals surface area (Å²) >= 11 is 0. The SMILES string of the molecule is CC[C@](O)(C(=O)O)[C@@H](O)c1cn(-c2ccc(Oc3ccc(C(F)(F)F)cn3)cc2)c2ccccc12. The average molecular weight is 486 g/mol. The summed E-state index contributed by atoms with van der Waals surface area (Å²) in [5.74, 6) is -1.19. The van der Waals surface area contributed by atoms with Crippen molar-refractivity contribution in [2.24, 2.45) is 0 Å². The van der Waals surface area contributed by atoms with Gasteiger partial charge in [-0.05, 0) is 42.8 Å². The Morgan fingerprint density at radius 3 is 2.34 bits per heavy atom. The van der Waals surface area contributed by atoms with Gasteiger partial charge in [-0.1, -0.05) is 25.1 Å². The predicted molar refractivity (Wildman–Crippen MR) is 120 cm³/mol. The molecule has 0 spiro atoms. The Morgan fingerprint density at radius 1 is 1.09 bits per heavy atom. The minimum Gasteiger partial charge on any atom is -0.479 e. The van der Waals surface area contributed by atoms with Gasteiger partial charge in [0, 0.05) is 35.1 Å². The van der Waals surface area contributed by atoms with Crippen molar-refractivity contribution in [1.29, 1.82) is 0 Å². The minimum atomic E-state index is -4.49. The molecule has 2 aromatic heterocycles. The van der Waals surface area contributed by atoms with Crippen molar-refractivity contribution in [1.82, 2.24) is 9.55 Å². The first-order valence-corrected chi connectivity index (χ1v) is 10.6. The summed E-state index contributed by atoms with van der Waals surface area (Å²) < 4.78 is 45.3. The van der Waals surface area contributed by atoms with Crippen LogP contribution < -0.4 is 4.74 Å². The number of halogens is 3. The molecule has 2 atom stereocenters. The molecule has 35 heavy (non-hydrogen) atoms. The average Bonchev–Trinajstić information content (AvgIpc) is 3.23. The second-order valence-corrected chi connectivity index (χ2v) is 7.94. The van der Waals surface area contributed by atoms with E-state index in [-0.39, 0.29) is 17.9 Å². The first-order chi connectivity index (χ1) is 16.5. The van der Waals surface area contributed by atoms with Crippen molar-refractivity contribution < 1.29 is 38.0 Å². The number of carboxylic acid groups (broad SMARTS) is 1. The number of aliphatic carboxylic acids is 1. The van der Waals surface area contributed by atoms with E-state index in [1.807, 2.05) is 0 Å². The molecule has 0 aliphatic rings. The molecule has 7 nitrogen and oxygen atoms in total. The fraction of sp³-hybridized carbons (Fsp3) is 0.200. The Bertz CT molecular complexity index is 1350. The van der Waals surface area contributed by atoms with E-state index in [0.717, 1.165) is 12.1 Å². The first-order valence-electron chi connectivity index (χ1n) is 10.6. The second-order valence-electron chi connectivity index (χ2n) is 7.94. The second kappa shape index (κ2) is 9.05. The Labute approximate surface area is 197 Å². The van der Waals surface area contributed by atoms with Crippen LogP contribution in [0.1, 0.15) is 30.6 Å². The number of aliphatic hydroxyl groups excluding tert-OH is 1. The zero-order valence-corrected chi connectivity index (χ0v) is 18.4. The number of hydrogen-bond acceptors (Lipinski definition) is 5. The summed E-state index contributed by atoms with van der Waals surface area (Å²) in [6, 6.07) is 15.6. The zero-order valence-electron chi connectivity index (χ0n) is 18.4. The van der Waals surface area contributed by atoms with E-state index in [2.05, 4.69) is 4.98 Å². The maximum absolute atomic E-state index is 12.7. The molecule has 0 saturated carbocycles. The van der Waals surface area contributed by atoms with Gasteiger partial charge in [-0.3, -0.25) is 0 Å². The van der Waals surface area contributed by atoms with Crippen LogP contribution in [0.2, 0.25) is 0 Å². The molecule has 2 heterocycles. The monoisotopic (exact) mass is 486 g/mol.